The van der Waals surface area contributed by atoms with Crippen molar-refractivity contribution < 1.29 is 18.7 Å². The highest BCUT2D eigenvalue weighted by atomic mass is 19.1. The molecular weight excluding hydrogens is 443 g/mol. The van der Waals surface area contributed by atoms with Crippen LogP contribution in [0.4, 0.5) is 4.39 Å². The second-order valence-corrected chi connectivity index (χ2v) is 9.78. The van der Waals surface area contributed by atoms with Gasteiger partial charge in [0, 0.05) is 19.6 Å². The van der Waals surface area contributed by atoms with Crippen molar-refractivity contribution in [2.45, 2.75) is 65.3 Å². The minimum absolute atomic E-state index is 0.00943. The number of benzene rings is 2. The summed E-state index contributed by atoms with van der Waals surface area (Å²) in [6.45, 7) is 8.66. The molecule has 0 saturated carbocycles. The first-order valence-electron chi connectivity index (χ1n) is 12.9. The molecule has 2 aromatic carbocycles. The van der Waals surface area contributed by atoms with Gasteiger partial charge in [-0.05, 0) is 61.9 Å². The standard InChI is InChI=1S/C29H39FN2O3/c1-4-31-17-9-5-6-10-18-32(28(33)20-23-13-15-24(30)16-14-23)25(19-22(2)3)21-35-27-12-8-7-11-26(27)29(31)34/h7-8,11-16,22,25H,4-6,9-10,17-21H2,1-3H3/t25-/m0/s1. The Bertz CT molecular complexity index is 961. The maximum Gasteiger partial charge on any atom is 0.257 e. The van der Waals surface area contributed by atoms with Crippen LogP contribution in [0, 0.1) is 11.7 Å². The number of halogens is 1. The third-order valence-electron chi connectivity index (χ3n) is 6.57. The summed E-state index contributed by atoms with van der Waals surface area (Å²) in [4.78, 5) is 30.6. The summed E-state index contributed by atoms with van der Waals surface area (Å²) in [7, 11) is 0. The van der Waals surface area contributed by atoms with E-state index >= 15 is 0 Å². The van der Waals surface area contributed by atoms with Gasteiger partial charge < -0.3 is 14.5 Å². The number of ether oxygens (including phenoxy) is 1. The average Bonchev–Trinajstić information content (AvgIpc) is 2.84. The van der Waals surface area contributed by atoms with Crippen molar-refractivity contribution >= 4 is 11.8 Å². The molecule has 0 radical (unpaired) electrons. The number of hydrogen-bond acceptors (Lipinski definition) is 3. The smallest absolute Gasteiger partial charge is 0.257 e. The summed E-state index contributed by atoms with van der Waals surface area (Å²) in [5.74, 6) is 0.647. The van der Waals surface area contributed by atoms with E-state index in [1.807, 2.05) is 41.0 Å². The fraction of sp³-hybridized carbons (Fsp3) is 0.517. The van der Waals surface area contributed by atoms with E-state index in [1.165, 1.54) is 12.1 Å². The quantitative estimate of drug-likeness (QED) is 0.547. The van der Waals surface area contributed by atoms with Crippen LogP contribution in [-0.2, 0) is 11.2 Å². The lowest BCUT2D eigenvalue weighted by molar-refractivity contribution is -0.134. The second-order valence-electron chi connectivity index (χ2n) is 9.78. The van der Waals surface area contributed by atoms with Gasteiger partial charge in [-0.15, -0.1) is 0 Å². The highest BCUT2D eigenvalue weighted by Crippen LogP contribution is 2.23. The van der Waals surface area contributed by atoms with Crippen LogP contribution < -0.4 is 4.74 Å². The normalized spacial score (nSPS) is 18.1. The minimum Gasteiger partial charge on any atom is -0.491 e. The first kappa shape index (κ1) is 26.7. The number of amides is 2. The van der Waals surface area contributed by atoms with Gasteiger partial charge in [-0.25, -0.2) is 4.39 Å². The minimum atomic E-state index is -0.305. The molecule has 1 atom stereocenters. The van der Waals surface area contributed by atoms with Crippen molar-refractivity contribution in [3.63, 3.8) is 0 Å². The van der Waals surface area contributed by atoms with E-state index in [4.69, 9.17) is 4.74 Å². The molecule has 0 saturated heterocycles. The van der Waals surface area contributed by atoms with Crippen LogP contribution in [0.5, 0.6) is 5.75 Å². The Kier molecular flexibility index (Phi) is 10.1. The monoisotopic (exact) mass is 482 g/mol. The molecule has 190 valence electrons. The van der Waals surface area contributed by atoms with E-state index in [-0.39, 0.29) is 30.1 Å². The number of para-hydroxylation sites is 1. The first-order chi connectivity index (χ1) is 16.9. The van der Waals surface area contributed by atoms with E-state index in [2.05, 4.69) is 13.8 Å². The Morgan fingerprint density at radius 1 is 1.03 bits per heavy atom. The maximum absolute atomic E-state index is 13.5. The molecule has 1 aliphatic rings. The Hall–Kier alpha value is -2.89. The molecule has 0 bridgehead atoms. The molecule has 0 aromatic heterocycles. The molecule has 2 aromatic rings. The Balaban J connectivity index is 1.87. The van der Waals surface area contributed by atoms with Crippen molar-refractivity contribution in [2.24, 2.45) is 5.92 Å². The zero-order valence-corrected chi connectivity index (χ0v) is 21.3. The van der Waals surface area contributed by atoms with Gasteiger partial charge in [0.05, 0.1) is 18.0 Å². The summed E-state index contributed by atoms with van der Waals surface area (Å²) in [5, 5.41) is 0. The predicted molar refractivity (Wildman–Crippen MR) is 137 cm³/mol. The topological polar surface area (TPSA) is 49.9 Å². The first-order valence-corrected chi connectivity index (χ1v) is 12.9. The zero-order chi connectivity index (χ0) is 25.2. The summed E-state index contributed by atoms with van der Waals surface area (Å²) in [5.41, 5.74) is 1.37. The second kappa shape index (κ2) is 13.3. The number of carbonyl (C=O) groups is 2. The molecule has 6 heteroatoms. The molecule has 35 heavy (non-hydrogen) atoms. The van der Waals surface area contributed by atoms with Gasteiger partial charge in [-0.3, -0.25) is 9.59 Å². The Morgan fingerprint density at radius 3 is 2.40 bits per heavy atom. The van der Waals surface area contributed by atoms with Crippen LogP contribution in [-0.4, -0.2) is 53.9 Å². The summed E-state index contributed by atoms with van der Waals surface area (Å²) in [6.07, 6.45) is 4.87. The van der Waals surface area contributed by atoms with Crippen LogP contribution in [0.3, 0.4) is 0 Å². The molecule has 3 rings (SSSR count). The summed E-state index contributed by atoms with van der Waals surface area (Å²) < 4.78 is 19.6. The number of fused-ring (bicyclic) bond motifs is 1. The van der Waals surface area contributed by atoms with Gasteiger partial charge in [0.25, 0.3) is 5.91 Å². The highest BCUT2D eigenvalue weighted by molar-refractivity contribution is 5.96. The van der Waals surface area contributed by atoms with Crippen molar-refractivity contribution in [1.82, 2.24) is 9.80 Å². The average molecular weight is 483 g/mol. The molecule has 0 aliphatic carbocycles. The molecule has 0 fully saturated rings. The van der Waals surface area contributed by atoms with Crippen LogP contribution in [0.25, 0.3) is 0 Å². The van der Waals surface area contributed by atoms with E-state index in [0.717, 1.165) is 37.7 Å². The van der Waals surface area contributed by atoms with Crippen molar-refractivity contribution in [2.75, 3.05) is 26.2 Å². The van der Waals surface area contributed by atoms with Gasteiger partial charge in [0.2, 0.25) is 5.91 Å². The lowest BCUT2D eigenvalue weighted by atomic mass is 10.0. The summed E-state index contributed by atoms with van der Waals surface area (Å²) >= 11 is 0. The number of rotatable bonds is 5. The van der Waals surface area contributed by atoms with Crippen LogP contribution >= 0.6 is 0 Å². The molecule has 0 N–H and O–H groups in total. The fourth-order valence-corrected chi connectivity index (χ4v) is 4.69. The van der Waals surface area contributed by atoms with Gasteiger partial charge in [-0.2, -0.15) is 0 Å². The third kappa shape index (κ3) is 7.81. The van der Waals surface area contributed by atoms with E-state index < -0.39 is 0 Å². The maximum atomic E-state index is 13.5. The van der Waals surface area contributed by atoms with Crippen LogP contribution in [0.1, 0.15) is 68.8 Å². The molecule has 0 spiro atoms. The van der Waals surface area contributed by atoms with E-state index in [0.29, 0.717) is 43.5 Å². The van der Waals surface area contributed by atoms with Gasteiger partial charge in [-0.1, -0.05) is 51.0 Å². The molecular formula is C29H39FN2O3. The van der Waals surface area contributed by atoms with Gasteiger partial charge >= 0.3 is 0 Å². The van der Waals surface area contributed by atoms with Crippen LogP contribution in [0.2, 0.25) is 0 Å². The SMILES string of the molecule is CCN1CCCCCCN(C(=O)Cc2ccc(F)cc2)[C@@H](CC(C)C)COc2ccccc2C1=O. The zero-order valence-electron chi connectivity index (χ0n) is 21.3. The predicted octanol–water partition coefficient (Wildman–Crippen LogP) is 5.73. The number of nitrogens with zero attached hydrogens (tertiary/aromatic N) is 2. The number of hydrogen-bond donors (Lipinski definition) is 0. The van der Waals surface area contributed by atoms with Gasteiger partial charge in [0.1, 0.15) is 18.2 Å². The van der Waals surface area contributed by atoms with E-state index in [1.54, 1.807) is 12.1 Å². The lowest BCUT2D eigenvalue weighted by Gasteiger charge is -2.34. The molecule has 1 aliphatic heterocycles. The van der Waals surface area contributed by atoms with Crippen molar-refractivity contribution in [3.05, 3.63) is 65.5 Å². The molecule has 1 heterocycles. The largest absolute Gasteiger partial charge is 0.491 e. The molecule has 5 nitrogen and oxygen atoms in total. The lowest BCUT2D eigenvalue weighted by Crippen LogP contribution is -2.46. The highest BCUT2D eigenvalue weighted by Gasteiger charge is 2.27. The summed E-state index contributed by atoms with van der Waals surface area (Å²) in [6, 6.07) is 13.4. The Morgan fingerprint density at radius 2 is 1.71 bits per heavy atom. The van der Waals surface area contributed by atoms with Crippen molar-refractivity contribution in [3.8, 4) is 5.75 Å². The third-order valence-corrected chi connectivity index (χ3v) is 6.57. The Labute approximate surface area is 209 Å². The molecule has 0 unspecified atom stereocenters. The van der Waals surface area contributed by atoms with Crippen molar-refractivity contribution in [1.29, 1.82) is 0 Å². The van der Waals surface area contributed by atoms with Gasteiger partial charge in [0.15, 0.2) is 0 Å². The fourth-order valence-electron chi connectivity index (χ4n) is 4.69. The van der Waals surface area contributed by atoms with Crippen LogP contribution in [0.15, 0.2) is 48.5 Å². The van der Waals surface area contributed by atoms with E-state index in [9.17, 15) is 14.0 Å². The molecule has 2 amide bonds. The number of carbonyl (C=O) groups excluding carboxylic acids is 2.